The third-order valence-corrected chi connectivity index (χ3v) is 6.07. The second kappa shape index (κ2) is 17.4. The molecule has 1 rings (SSSR count). The predicted molar refractivity (Wildman–Crippen MR) is 122 cm³/mol. The molecule has 0 aromatic rings. The van der Waals surface area contributed by atoms with Crippen LogP contribution in [0.3, 0.4) is 0 Å². The number of hydrogen-bond donors (Lipinski definition) is 0. The largest absolute Gasteiger partial charge is 0.356 e. The van der Waals surface area contributed by atoms with E-state index in [1.165, 1.54) is 122 Å². The smallest absolute Gasteiger partial charge is 0.101 e. The SMILES string of the molecule is CCCCCCCCCCN1C=CN(CCCCCCCC)C1CCCC. The normalized spacial score (nSPS) is 16.6. The van der Waals surface area contributed by atoms with Gasteiger partial charge in [0.05, 0.1) is 0 Å². The number of hydrogen-bond acceptors (Lipinski definition) is 2. The molecular weight excluding hydrogens is 328 g/mol. The minimum absolute atomic E-state index is 0.644. The van der Waals surface area contributed by atoms with Gasteiger partial charge < -0.3 is 9.80 Å². The van der Waals surface area contributed by atoms with Gasteiger partial charge in [-0.2, -0.15) is 0 Å². The van der Waals surface area contributed by atoms with E-state index in [1.807, 2.05) is 0 Å². The molecule has 160 valence electrons. The quantitative estimate of drug-likeness (QED) is 0.209. The molecule has 0 saturated heterocycles. The fourth-order valence-electron chi connectivity index (χ4n) is 4.23. The first-order valence-electron chi connectivity index (χ1n) is 12.5. The molecule has 27 heavy (non-hydrogen) atoms. The lowest BCUT2D eigenvalue weighted by Crippen LogP contribution is -2.39. The Kier molecular flexibility index (Phi) is 15.7. The molecule has 0 aliphatic carbocycles. The van der Waals surface area contributed by atoms with Crippen LogP contribution in [0, 0.1) is 0 Å². The van der Waals surface area contributed by atoms with Gasteiger partial charge in [-0.1, -0.05) is 104 Å². The first-order chi connectivity index (χ1) is 13.3. The van der Waals surface area contributed by atoms with E-state index < -0.39 is 0 Å². The number of rotatable bonds is 19. The molecule has 1 heterocycles. The Morgan fingerprint density at radius 3 is 1.26 bits per heavy atom. The second-order valence-electron chi connectivity index (χ2n) is 8.64. The minimum atomic E-state index is 0.644. The Morgan fingerprint density at radius 1 is 0.481 bits per heavy atom. The molecule has 1 unspecified atom stereocenters. The molecule has 0 N–H and O–H groups in total. The maximum Gasteiger partial charge on any atom is 0.101 e. The van der Waals surface area contributed by atoms with Crippen molar-refractivity contribution >= 4 is 0 Å². The lowest BCUT2D eigenvalue weighted by atomic mass is 10.1. The van der Waals surface area contributed by atoms with E-state index in [0.29, 0.717) is 6.17 Å². The summed E-state index contributed by atoms with van der Waals surface area (Å²) in [5.41, 5.74) is 0. The summed E-state index contributed by atoms with van der Waals surface area (Å²) >= 11 is 0. The van der Waals surface area contributed by atoms with Gasteiger partial charge in [-0.05, 0) is 25.7 Å². The van der Waals surface area contributed by atoms with E-state index in [2.05, 4.69) is 43.0 Å². The van der Waals surface area contributed by atoms with Gasteiger partial charge in [0.2, 0.25) is 0 Å². The summed E-state index contributed by atoms with van der Waals surface area (Å²) < 4.78 is 0. The van der Waals surface area contributed by atoms with E-state index in [4.69, 9.17) is 0 Å². The Hall–Kier alpha value is -0.660. The van der Waals surface area contributed by atoms with Gasteiger partial charge in [0.15, 0.2) is 0 Å². The third kappa shape index (κ3) is 11.7. The molecule has 0 saturated carbocycles. The highest BCUT2D eigenvalue weighted by molar-refractivity contribution is 4.96. The highest BCUT2D eigenvalue weighted by Crippen LogP contribution is 2.23. The fraction of sp³-hybridized carbons (Fsp3) is 0.920. The van der Waals surface area contributed by atoms with Gasteiger partial charge in [-0.25, -0.2) is 0 Å². The molecule has 2 heteroatoms. The standard InChI is InChI=1S/C25H50N2/c1-4-7-10-12-14-15-17-19-22-27-24-23-26(25(27)20-9-6-3)21-18-16-13-11-8-5-2/h23-25H,4-22H2,1-3H3. The van der Waals surface area contributed by atoms with E-state index >= 15 is 0 Å². The average Bonchev–Trinajstić information content (AvgIpc) is 3.06. The Bertz CT molecular complexity index is 339. The summed E-state index contributed by atoms with van der Waals surface area (Å²) in [4.78, 5) is 5.28. The summed E-state index contributed by atoms with van der Waals surface area (Å²) in [6, 6.07) is 0. The first-order valence-corrected chi connectivity index (χ1v) is 12.5. The van der Waals surface area contributed by atoms with Crippen LogP contribution in [0.15, 0.2) is 12.4 Å². The van der Waals surface area contributed by atoms with Gasteiger partial charge in [-0.3, -0.25) is 0 Å². The van der Waals surface area contributed by atoms with Crippen molar-refractivity contribution in [3.05, 3.63) is 12.4 Å². The van der Waals surface area contributed by atoms with Crippen molar-refractivity contribution in [2.75, 3.05) is 13.1 Å². The molecule has 1 atom stereocenters. The number of unbranched alkanes of at least 4 members (excludes halogenated alkanes) is 13. The van der Waals surface area contributed by atoms with Gasteiger partial charge in [0.25, 0.3) is 0 Å². The average molecular weight is 379 g/mol. The van der Waals surface area contributed by atoms with Gasteiger partial charge in [0, 0.05) is 25.5 Å². The molecule has 0 amide bonds. The Morgan fingerprint density at radius 2 is 0.852 bits per heavy atom. The van der Waals surface area contributed by atoms with Crippen LogP contribution < -0.4 is 0 Å². The molecule has 2 nitrogen and oxygen atoms in total. The van der Waals surface area contributed by atoms with E-state index in [-0.39, 0.29) is 0 Å². The van der Waals surface area contributed by atoms with Crippen molar-refractivity contribution in [3.63, 3.8) is 0 Å². The molecule has 0 bridgehead atoms. The van der Waals surface area contributed by atoms with Crippen LogP contribution in [0.4, 0.5) is 0 Å². The van der Waals surface area contributed by atoms with Crippen LogP contribution >= 0.6 is 0 Å². The number of nitrogens with zero attached hydrogens (tertiary/aromatic N) is 2. The van der Waals surface area contributed by atoms with Crippen LogP contribution in [-0.2, 0) is 0 Å². The molecule has 1 aliphatic rings. The van der Waals surface area contributed by atoms with Crippen molar-refractivity contribution in [2.24, 2.45) is 0 Å². The van der Waals surface area contributed by atoms with Crippen LogP contribution in [-0.4, -0.2) is 29.1 Å². The summed E-state index contributed by atoms with van der Waals surface area (Å²) in [6.45, 7) is 9.43. The molecule has 0 aromatic heterocycles. The van der Waals surface area contributed by atoms with Gasteiger partial charge in [0.1, 0.15) is 6.17 Å². The topological polar surface area (TPSA) is 6.48 Å². The van der Waals surface area contributed by atoms with Crippen molar-refractivity contribution in [3.8, 4) is 0 Å². The minimum Gasteiger partial charge on any atom is -0.356 e. The zero-order valence-corrected chi connectivity index (χ0v) is 19.1. The highest BCUT2D eigenvalue weighted by atomic mass is 15.4. The molecule has 0 aromatic carbocycles. The van der Waals surface area contributed by atoms with Crippen molar-refractivity contribution in [1.29, 1.82) is 0 Å². The third-order valence-electron chi connectivity index (χ3n) is 6.07. The zero-order chi connectivity index (χ0) is 19.6. The molecule has 0 spiro atoms. The zero-order valence-electron chi connectivity index (χ0n) is 19.1. The van der Waals surface area contributed by atoms with Crippen molar-refractivity contribution in [2.45, 2.75) is 136 Å². The molecule has 0 radical (unpaired) electrons. The van der Waals surface area contributed by atoms with Gasteiger partial charge >= 0.3 is 0 Å². The summed E-state index contributed by atoms with van der Waals surface area (Å²) in [7, 11) is 0. The van der Waals surface area contributed by atoms with E-state index in [0.717, 1.165) is 0 Å². The predicted octanol–water partition coefficient (Wildman–Crippen LogP) is 8.09. The summed E-state index contributed by atoms with van der Waals surface area (Å²) in [6.07, 6.45) is 29.1. The van der Waals surface area contributed by atoms with Gasteiger partial charge in [-0.15, -0.1) is 0 Å². The summed E-state index contributed by atoms with van der Waals surface area (Å²) in [5, 5.41) is 0. The van der Waals surface area contributed by atoms with Crippen LogP contribution in [0.25, 0.3) is 0 Å². The van der Waals surface area contributed by atoms with Crippen LogP contribution in [0.1, 0.15) is 130 Å². The Balaban J connectivity index is 2.19. The van der Waals surface area contributed by atoms with E-state index in [9.17, 15) is 0 Å². The van der Waals surface area contributed by atoms with Crippen LogP contribution in [0.2, 0.25) is 0 Å². The van der Waals surface area contributed by atoms with Crippen molar-refractivity contribution < 1.29 is 0 Å². The lowest BCUT2D eigenvalue weighted by Gasteiger charge is -2.33. The molecular formula is C25H50N2. The van der Waals surface area contributed by atoms with Crippen molar-refractivity contribution in [1.82, 2.24) is 9.80 Å². The molecule has 1 aliphatic heterocycles. The highest BCUT2D eigenvalue weighted by Gasteiger charge is 2.24. The first kappa shape index (κ1) is 24.4. The molecule has 0 fully saturated rings. The monoisotopic (exact) mass is 378 g/mol. The fourth-order valence-corrected chi connectivity index (χ4v) is 4.23. The summed E-state index contributed by atoms with van der Waals surface area (Å²) in [5.74, 6) is 0. The second-order valence-corrected chi connectivity index (χ2v) is 8.64. The van der Waals surface area contributed by atoms with E-state index in [1.54, 1.807) is 0 Å². The lowest BCUT2D eigenvalue weighted by molar-refractivity contribution is 0.136. The Labute approximate surface area is 171 Å². The van der Waals surface area contributed by atoms with Crippen LogP contribution in [0.5, 0.6) is 0 Å². The maximum atomic E-state index is 2.64. The maximum absolute atomic E-state index is 2.64.